The van der Waals surface area contributed by atoms with Crippen molar-refractivity contribution in [3.63, 3.8) is 0 Å². The fourth-order valence-electron chi connectivity index (χ4n) is 2.49. The number of anilines is 1. The maximum absolute atomic E-state index is 12.3. The SMILES string of the molecule is Cc1ccc(-c2nnc(SCC(=O)Nc3c(C)cc(I)cc3C)o2)cc1. The number of thioether (sulfide) groups is 1. The molecule has 1 heterocycles. The molecule has 7 heteroatoms. The van der Waals surface area contributed by atoms with Crippen LogP contribution in [-0.4, -0.2) is 21.9 Å². The molecule has 0 aliphatic carbocycles. The van der Waals surface area contributed by atoms with Gasteiger partial charge in [0, 0.05) is 14.8 Å². The van der Waals surface area contributed by atoms with Crippen molar-refractivity contribution in [3.05, 3.63) is 56.7 Å². The summed E-state index contributed by atoms with van der Waals surface area (Å²) in [6.07, 6.45) is 0. The second-order valence-corrected chi connectivity index (χ2v) is 8.16. The summed E-state index contributed by atoms with van der Waals surface area (Å²) >= 11 is 3.50. The Hall–Kier alpha value is -1.87. The van der Waals surface area contributed by atoms with Gasteiger partial charge in [-0.2, -0.15) is 0 Å². The lowest BCUT2D eigenvalue weighted by molar-refractivity contribution is -0.113. The van der Waals surface area contributed by atoms with Gasteiger partial charge >= 0.3 is 0 Å². The van der Waals surface area contributed by atoms with Crippen LogP contribution in [0.3, 0.4) is 0 Å². The van der Waals surface area contributed by atoms with E-state index < -0.39 is 0 Å². The van der Waals surface area contributed by atoms with Crippen LogP contribution in [0.4, 0.5) is 5.69 Å². The summed E-state index contributed by atoms with van der Waals surface area (Å²) in [5.74, 6) is 0.565. The average Bonchev–Trinajstić information content (AvgIpc) is 3.06. The Labute approximate surface area is 170 Å². The molecule has 0 unspecified atom stereocenters. The van der Waals surface area contributed by atoms with E-state index in [1.807, 2.05) is 57.2 Å². The lowest BCUT2D eigenvalue weighted by Crippen LogP contribution is -2.16. The van der Waals surface area contributed by atoms with E-state index in [1.165, 1.54) is 17.3 Å². The number of halogens is 1. The molecule has 0 saturated heterocycles. The van der Waals surface area contributed by atoms with E-state index in [4.69, 9.17) is 4.42 Å². The average molecular weight is 479 g/mol. The van der Waals surface area contributed by atoms with Gasteiger partial charge in [0.2, 0.25) is 11.8 Å². The first kappa shape index (κ1) is 18.9. The maximum atomic E-state index is 12.3. The lowest BCUT2D eigenvalue weighted by atomic mass is 10.1. The zero-order valence-corrected chi connectivity index (χ0v) is 17.6. The second-order valence-electron chi connectivity index (χ2n) is 5.99. The monoisotopic (exact) mass is 479 g/mol. The molecule has 134 valence electrons. The van der Waals surface area contributed by atoms with Gasteiger partial charge in [0.05, 0.1) is 5.75 Å². The van der Waals surface area contributed by atoms with Gasteiger partial charge in [-0.05, 0) is 78.8 Å². The summed E-state index contributed by atoms with van der Waals surface area (Å²) in [5.41, 5.74) is 4.99. The number of nitrogens with zero attached hydrogens (tertiary/aromatic N) is 2. The molecule has 0 saturated carbocycles. The highest BCUT2D eigenvalue weighted by atomic mass is 127. The molecule has 0 aliphatic heterocycles. The first-order valence-electron chi connectivity index (χ1n) is 8.02. The number of rotatable bonds is 5. The van der Waals surface area contributed by atoms with Crippen molar-refractivity contribution in [3.8, 4) is 11.5 Å². The number of hydrogen-bond acceptors (Lipinski definition) is 5. The largest absolute Gasteiger partial charge is 0.411 e. The quantitative estimate of drug-likeness (QED) is 0.412. The summed E-state index contributed by atoms with van der Waals surface area (Å²) in [5, 5.41) is 11.4. The Balaban J connectivity index is 1.61. The summed E-state index contributed by atoms with van der Waals surface area (Å²) in [6, 6.07) is 11.9. The van der Waals surface area contributed by atoms with Gasteiger partial charge in [0.15, 0.2) is 0 Å². The normalized spacial score (nSPS) is 10.8. The summed E-state index contributed by atoms with van der Waals surface area (Å²) in [4.78, 5) is 12.3. The standard InChI is InChI=1S/C19H18IN3O2S/c1-11-4-6-14(7-5-11)18-22-23-19(25-18)26-10-16(24)21-17-12(2)8-15(20)9-13(17)3/h4-9H,10H2,1-3H3,(H,21,24). The number of aryl methyl sites for hydroxylation is 3. The predicted molar refractivity (Wildman–Crippen MR) is 112 cm³/mol. The number of carbonyl (C=O) groups is 1. The second kappa shape index (κ2) is 8.22. The zero-order valence-electron chi connectivity index (χ0n) is 14.7. The number of hydrogen-bond donors (Lipinski definition) is 1. The molecule has 5 nitrogen and oxygen atoms in total. The van der Waals surface area contributed by atoms with Crippen LogP contribution in [0.2, 0.25) is 0 Å². The fourth-order valence-corrected chi connectivity index (χ4v) is 3.99. The minimum atomic E-state index is -0.0995. The van der Waals surface area contributed by atoms with E-state index in [1.54, 1.807) is 0 Å². The minimum absolute atomic E-state index is 0.0995. The Bertz CT molecular complexity index is 915. The van der Waals surface area contributed by atoms with Gasteiger partial charge in [0.25, 0.3) is 5.22 Å². The smallest absolute Gasteiger partial charge is 0.277 e. The first-order valence-corrected chi connectivity index (χ1v) is 10.1. The molecule has 3 rings (SSSR count). The Morgan fingerprint density at radius 1 is 1.12 bits per heavy atom. The third kappa shape index (κ3) is 4.64. The Morgan fingerprint density at radius 2 is 1.77 bits per heavy atom. The predicted octanol–water partition coefficient (Wildman–Crippen LogP) is 5.00. The van der Waals surface area contributed by atoms with Crippen molar-refractivity contribution >= 4 is 45.9 Å². The Kier molecular flexibility index (Phi) is 5.98. The summed E-state index contributed by atoms with van der Waals surface area (Å²) in [7, 11) is 0. The van der Waals surface area contributed by atoms with Crippen molar-refractivity contribution in [2.45, 2.75) is 26.0 Å². The van der Waals surface area contributed by atoms with Crippen LogP contribution in [0.1, 0.15) is 16.7 Å². The molecule has 1 N–H and O–H groups in total. The van der Waals surface area contributed by atoms with Crippen molar-refractivity contribution in [2.24, 2.45) is 0 Å². The lowest BCUT2D eigenvalue weighted by Gasteiger charge is -2.11. The highest BCUT2D eigenvalue weighted by Gasteiger charge is 2.13. The van der Waals surface area contributed by atoms with E-state index in [-0.39, 0.29) is 11.7 Å². The fraction of sp³-hybridized carbons (Fsp3) is 0.211. The number of benzene rings is 2. The van der Waals surface area contributed by atoms with E-state index in [9.17, 15) is 4.79 Å². The Morgan fingerprint density at radius 3 is 2.42 bits per heavy atom. The highest BCUT2D eigenvalue weighted by molar-refractivity contribution is 14.1. The third-order valence-corrected chi connectivity index (χ3v) is 5.23. The van der Waals surface area contributed by atoms with Crippen LogP contribution in [0, 0.1) is 24.3 Å². The molecule has 0 spiro atoms. The summed E-state index contributed by atoms with van der Waals surface area (Å²) < 4.78 is 6.79. The highest BCUT2D eigenvalue weighted by Crippen LogP contribution is 2.25. The summed E-state index contributed by atoms with van der Waals surface area (Å²) in [6.45, 7) is 6.00. The van der Waals surface area contributed by atoms with E-state index >= 15 is 0 Å². The molecule has 1 aromatic heterocycles. The molecular weight excluding hydrogens is 461 g/mol. The van der Waals surface area contributed by atoms with E-state index in [0.717, 1.165) is 25.9 Å². The van der Waals surface area contributed by atoms with Gasteiger partial charge < -0.3 is 9.73 Å². The van der Waals surface area contributed by atoms with E-state index in [0.29, 0.717) is 11.1 Å². The van der Waals surface area contributed by atoms with E-state index in [2.05, 4.69) is 38.1 Å². The molecule has 0 fully saturated rings. The van der Waals surface area contributed by atoms with Crippen LogP contribution < -0.4 is 5.32 Å². The first-order chi connectivity index (χ1) is 12.4. The molecule has 0 radical (unpaired) electrons. The van der Waals surface area contributed by atoms with Gasteiger partial charge in [-0.15, -0.1) is 10.2 Å². The molecule has 1 amide bonds. The zero-order chi connectivity index (χ0) is 18.7. The number of amides is 1. The topological polar surface area (TPSA) is 68.0 Å². The molecule has 3 aromatic rings. The molecule has 2 aromatic carbocycles. The maximum Gasteiger partial charge on any atom is 0.277 e. The van der Waals surface area contributed by atoms with Crippen LogP contribution in [0.25, 0.3) is 11.5 Å². The molecule has 0 atom stereocenters. The van der Waals surface area contributed by atoms with Crippen molar-refractivity contribution in [1.82, 2.24) is 10.2 Å². The minimum Gasteiger partial charge on any atom is -0.411 e. The van der Waals surface area contributed by atoms with Crippen molar-refractivity contribution < 1.29 is 9.21 Å². The van der Waals surface area contributed by atoms with Gasteiger partial charge in [-0.25, -0.2) is 0 Å². The van der Waals surface area contributed by atoms with Crippen LogP contribution in [-0.2, 0) is 4.79 Å². The third-order valence-electron chi connectivity index (χ3n) is 3.79. The molecule has 0 bridgehead atoms. The van der Waals surface area contributed by atoms with Crippen molar-refractivity contribution in [2.75, 3.05) is 11.1 Å². The number of aromatic nitrogens is 2. The van der Waals surface area contributed by atoms with Crippen LogP contribution in [0.5, 0.6) is 0 Å². The van der Waals surface area contributed by atoms with Gasteiger partial charge in [0.1, 0.15) is 0 Å². The van der Waals surface area contributed by atoms with Crippen LogP contribution in [0.15, 0.2) is 46.0 Å². The molecule has 0 aliphatic rings. The van der Waals surface area contributed by atoms with Crippen molar-refractivity contribution in [1.29, 1.82) is 0 Å². The van der Waals surface area contributed by atoms with Gasteiger partial charge in [-0.3, -0.25) is 4.79 Å². The number of nitrogens with one attached hydrogen (secondary N) is 1. The molecular formula is C19H18IN3O2S. The molecule has 26 heavy (non-hydrogen) atoms. The number of carbonyl (C=O) groups excluding carboxylic acids is 1. The van der Waals surface area contributed by atoms with Crippen LogP contribution >= 0.6 is 34.4 Å². The van der Waals surface area contributed by atoms with Gasteiger partial charge in [-0.1, -0.05) is 29.5 Å².